The molecule has 2 aromatic carbocycles. The highest BCUT2D eigenvalue weighted by Gasteiger charge is 2.33. The molecular weight excluding hydrogens is 532 g/mol. The Morgan fingerprint density at radius 2 is 1.60 bits per heavy atom. The molecule has 0 saturated carbocycles. The standard InChI is InChI=1S/C29H33ClN6O4/c1-39-24-9-8-20(30)19-23(24)33-10-12-34(13-11-33)27-22-6-3-2-5-21(22)26(31-32-27)29(38)36-16-14-35(15-17-36)28(37)25-7-4-18-40-25/h2-3,5-6,8-9,19,25H,4,7,10-18H2,1H3/t25-/m1/s1. The lowest BCUT2D eigenvalue weighted by molar-refractivity contribution is -0.142. The van der Waals surface area contributed by atoms with Crippen molar-refractivity contribution >= 4 is 45.7 Å². The van der Waals surface area contributed by atoms with Crippen molar-refractivity contribution in [2.45, 2.75) is 18.9 Å². The Bertz CT molecular complexity index is 1400. The fourth-order valence-corrected chi connectivity index (χ4v) is 5.97. The Labute approximate surface area is 238 Å². The van der Waals surface area contributed by atoms with Gasteiger partial charge < -0.3 is 29.1 Å². The lowest BCUT2D eigenvalue weighted by Gasteiger charge is -2.37. The van der Waals surface area contributed by atoms with Crippen LogP contribution < -0.4 is 14.5 Å². The van der Waals surface area contributed by atoms with Crippen molar-refractivity contribution < 1.29 is 19.1 Å². The third kappa shape index (κ3) is 5.13. The van der Waals surface area contributed by atoms with Gasteiger partial charge >= 0.3 is 0 Å². The van der Waals surface area contributed by atoms with Crippen LogP contribution >= 0.6 is 11.6 Å². The zero-order chi connectivity index (χ0) is 27.6. The van der Waals surface area contributed by atoms with Gasteiger partial charge in [-0.15, -0.1) is 10.2 Å². The van der Waals surface area contributed by atoms with Gasteiger partial charge in [-0.3, -0.25) is 9.59 Å². The highest BCUT2D eigenvalue weighted by atomic mass is 35.5. The van der Waals surface area contributed by atoms with Crippen molar-refractivity contribution in [2.75, 3.05) is 75.9 Å². The molecule has 3 fully saturated rings. The molecule has 0 N–H and O–H groups in total. The second-order valence-electron chi connectivity index (χ2n) is 10.3. The third-order valence-electron chi connectivity index (χ3n) is 8.01. The molecule has 3 aliphatic rings. The summed E-state index contributed by atoms with van der Waals surface area (Å²) in [7, 11) is 1.67. The Morgan fingerprint density at radius 3 is 2.30 bits per heavy atom. The Hall–Kier alpha value is -3.63. The molecule has 4 heterocycles. The van der Waals surface area contributed by atoms with Crippen molar-refractivity contribution in [2.24, 2.45) is 0 Å². The molecule has 0 radical (unpaired) electrons. The van der Waals surface area contributed by atoms with Crippen LogP contribution in [0.3, 0.4) is 0 Å². The first-order valence-corrected chi connectivity index (χ1v) is 14.2. The number of hydrogen-bond donors (Lipinski definition) is 0. The predicted octanol–water partition coefficient (Wildman–Crippen LogP) is 3.08. The van der Waals surface area contributed by atoms with Gasteiger partial charge in [0.2, 0.25) is 0 Å². The van der Waals surface area contributed by atoms with Crippen LogP contribution in [0.15, 0.2) is 42.5 Å². The third-order valence-corrected chi connectivity index (χ3v) is 8.25. The normalized spacial score (nSPS) is 19.8. The van der Waals surface area contributed by atoms with E-state index in [0.29, 0.717) is 43.5 Å². The first-order valence-electron chi connectivity index (χ1n) is 13.8. The van der Waals surface area contributed by atoms with Crippen LogP contribution in [0.5, 0.6) is 5.75 Å². The molecule has 6 rings (SSSR count). The summed E-state index contributed by atoms with van der Waals surface area (Å²) in [5.41, 5.74) is 1.32. The smallest absolute Gasteiger partial charge is 0.275 e. The van der Waals surface area contributed by atoms with Gasteiger partial charge in [0.1, 0.15) is 11.9 Å². The first kappa shape index (κ1) is 26.6. The molecule has 40 heavy (non-hydrogen) atoms. The SMILES string of the molecule is COc1ccc(Cl)cc1N1CCN(c2nnc(C(=O)N3CCN(C(=O)[C@H]4CCCO4)CC3)c3ccccc23)CC1. The van der Waals surface area contributed by atoms with Crippen LogP contribution in [-0.4, -0.2) is 104 Å². The minimum absolute atomic E-state index is 0.0353. The van der Waals surface area contributed by atoms with Gasteiger partial charge in [0.25, 0.3) is 11.8 Å². The molecule has 1 atom stereocenters. The van der Waals surface area contributed by atoms with Crippen LogP contribution in [0, 0.1) is 0 Å². The Kier molecular flexibility index (Phi) is 7.62. The maximum atomic E-state index is 13.6. The molecule has 1 aromatic heterocycles. The van der Waals surface area contributed by atoms with E-state index in [2.05, 4.69) is 20.0 Å². The number of benzene rings is 2. The lowest BCUT2D eigenvalue weighted by Crippen LogP contribution is -2.53. The largest absolute Gasteiger partial charge is 0.495 e. The summed E-state index contributed by atoms with van der Waals surface area (Å²) < 4.78 is 11.1. The average Bonchev–Trinajstić information content (AvgIpc) is 3.55. The van der Waals surface area contributed by atoms with Gasteiger partial charge in [0.15, 0.2) is 11.5 Å². The molecule has 0 bridgehead atoms. The molecule has 11 heteroatoms. The number of anilines is 2. The van der Waals surface area contributed by atoms with E-state index in [1.165, 1.54) is 0 Å². The van der Waals surface area contributed by atoms with E-state index in [-0.39, 0.29) is 17.9 Å². The highest BCUT2D eigenvalue weighted by Crippen LogP contribution is 2.33. The van der Waals surface area contributed by atoms with E-state index in [4.69, 9.17) is 21.1 Å². The summed E-state index contributed by atoms with van der Waals surface area (Å²) in [6.07, 6.45) is 1.36. The molecular formula is C29H33ClN6O4. The quantitative estimate of drug-likeness (QED) is 0.467. The Balaban J connectivity index is 1.16. The molecule has 10 nitrogen and oxygen atoms in total. The average molecular weight is 565 g/mol. The number of methoxy groups -OCH3 is 1. The predicted molar refractivity (Wildman–Crippen MR) is 153 cm³/mol. The minimum Gasteiger partial charge on any atom is -0.495 e. The fraction of sp³-hybridized carbons (Fsp3) is 0.448. The molecule has 0 spiro atoms. The van der Waals surface area contributed by atoms with Gasteiger partial charge in [0.05, 0.1) is 12.8 Å². The second-order valence-corrected chi connectivity index (χ2v) is 10.8. The van der Waals surface area contributed by atoms with Crippen LogP contribution in [-0.2, 0) is 9.53 Å². The number of ether oxygens (including phenoxy) is 2. The molecule has 0 unspecified atom stereocenters. The molecule has 210 valence electrons. The van der Waals surface area contributed by atoms with Crippen LogP contribution in [0.25, 0.3) is 10.8 Å². The van der Waals surface area contributed by atoms with Gasteiger partial charge in [-0.25, -0.2) is 0 Å². The van der Waals surface area contributed by atoms with Crippen molar-refractivity contribution in [3.05, 3.63) is 53.2 Å². The monoisotopic (exact) mass is 564 g/mol. The van der Waals surface area contributed by atoms with E-state index in [1.807, 2.05) is 47.4 Å². The van der Waals surface area contributed by atoms with Crippen molar-refractivity contribution in [3.8, 4) is 5.75 Å². The van der Waals surface area contributed by atoms with Gasteiger partial charge in [-0.05, 0) is 31.0 Å². The number of piperazine rings is 2. The summed E-state index contributed by atoms with van der Waals surface area (Å²) in [5, 5.41) is 11.4. The number of fused-ring (bicyclic) bond motifs is 1. The zero-order valence-electron chi connectivity index (χ0n) is 22.6. The molecule has 2 amide bonds. The first-order chi connectivity index (χ1) is 19.5. The number of carbonyl (C=O) groups excluding carboxylic acids is 2. The van der Waals surface area contributed by atoms with Gasteiger partial charge in [0, 0.05) is 74.8 Å². The molecule has 3 aromatic rings. The number of halogens is 1. The summed E-state index contributed by atoms with van der Waals surface area (Å²) in [6.45, 7) is 5.57. The van der Waals surface area contributed by atoms with Crippen LogP contribution in [0.2, 0.25) is 5.02 Å². The van der Waals surface area contributed by atoms with Crippen molar-refractivity contribution in [1.82, 2.24) is 20.0 Å². The number of carbonyl (C=O) groups is 2. The number of amides is 2. The number of hydrogen-bond acceptors (Lipinski definition) is 8. The number of rotatable bonds is 5. The molecule has 3 aliphatic heterocycles. The lowest BCUT2D eigenvalue weighted by atomic mass is 10.1. The maximum absolute atomic E-state index is 13.6. The second kappa shape index (κ2) is 11.5. The van der Waals surface area contributed by atoms with Crippen LogP contribution in [0.1, 0.15) is 23.3 Å². The van der Waals surface area contributed by atoms with Crippen molar-refractivity contribution in [1.29, 1.82) is 0 Å². The topological polar surface area (TPSA) is 91.3 Å². The fourth-order valence-electron chi connectivity index (χ4n) is 5.81. The van der Waals surface area contributed by atoms with Gasteiger partial charge in [-0.1, -0.05) is 35.9 Å². The summed E-state index contributed by atoms with van der Waals surface area (Å²) in [4.78, 5) is 34.3. The van der Waals surface area contributed by atoms with E-state index in [0.717, 1.165) is 67.0 Å². The maximum Gasteiger partial charge on any atom is 0.275 e. The van der Waals surface area contributed by atoms with E-state index >= 15 is 0 Å². The van der Waals surface area contributed by atoms with Crippen LogP contribution in [0.4, 0.5) is 11.5 Å². The van der Waals surface area contributed by atoms with E-state index < -0.39 is 0 Å². The number of nitrogens with zero attached hydrogens (tertiary/aromatic N) is 6. The van der Waals surface area contributed by atoms with Crippen molar-refractivity contribution in [3.63, 3.8) is 0 Å². The molecule has 0 aliphatic carbocycles. The van der Waals surface area contributed by atoms with E-state index in [1.54, 1.807) is 12.0 Å². The van der Waals surface area contributed by atoms with E-state index in [9.17, 15) is 9.59 Å². The molecule has 3 saturated heterocycles. The zero-order valence-corrected chi connectivity index (χ0v) is 23.3. The van der Waals surface area contributed by atoms with Gasteiger partial charge in [-0.2, -0.15) is 0 Å². The Morgan fingerprint density at radius 1 is 0.900 bits per heavy atom. The highest BCUT2D eigenvalue weighted by molar-refractivity contribution is 6.31. The minimum atomic E-state index is -0.334. The summed E-state index contributed by atoms with van der Waals surface area (Å²) in [5.74, 6) is 1.45. The summed E-state index contributed by atoms with van der Waals surface area (Å²) >= 11 is 6.26. The summed E-state index contributed by atoms with van der Waals surface area (Å²) in [6, 6.07) is 13.5. The number of aromatic nitrogens is 2.